The maximum atomic E-state index is 10.9. The minimum atomic E-state index is -0.187. The van der Waals surface area contributed by atoms with Gasteiger partial charge in [0.25, 0.3) is 0 Å². The summed E-state index contributed by atoms with van der Waals surface area (Å²) in [5.74, 6) is 0.365. The first-order chi connectivity index (χ1) is 5.13. The molecule has 0 radical (unpaired) electrons. The molecule has 3 nitrogen and oxygen atoms in total. The van der Waals surface area contributed by atoms with Crippen molar-refractivity contribution < 1.29 is 9.53 Å². The predicted molar refractivity (Wildman–Crippen MR) is 41.8 cm³/mol. The molecule has 0 aromatic heterocycles. The molecule has 64 valence electrons. The van der Waals surface area contributed by atoms with Crippen molar-refractivity contribution in [2.45, 2.75) is 13.8 Å². The van der Waals surface area contributed by atoms with Crippen LogP contribution in [0.3, 0.4) is 0 Å². The van der Waals surface area contributed by atoms with Gasteiger partial charge in [0, 0.05) is 19.1 Å². The predicted octanol–water partition coefficient (Wildman–Crippen LogP) is 0.390. The number of nitrogens with two attached hydrogens (primary N) is 1. The average molecular weight is 157 g/mol. The lowest BCUT2D eigenvalue weighted by atomic mass is 9.82. The molecule has 0 aromatic carbocycles. The summed E-state index contributed by atoms with van der Waals surface area (Å²) < 4.78 is 5.27. The fraction of sp³-hybridized carbons (Fsp3) is 0.875. The van der Waals surface area contributed by atoms with E-state index in [9.17, 15) is 4.79 Å². The van der Waals surface area contributed by atoms with Crippen LogP contribution >= 0.6 is 0 Å². The summed E-state index contributed by atoms with van der Waals surface area (Å²) in [4.78, 5) is 10.9. The molecule has 1 rings (SSSR count). The molecule has 0 bridgehead atoms. The van der Waals surface area contributed by atoms with Crippen molar-refractivity contribution in [2.24, 2.45) is 23.5 Å². The molecule has 0 saturated carbocycles. The Morgan fingerprint density at radius 2 is 1.82 bits per heavy atom. The maximum absolute atomic E-state index is 10.9. The number of carbonyl (C=O) groups excluding carboxylic acids is 1. The number of primary amides is 1. The average Bonchev–Trinajstić information content (AvgIpc) is 1.85. The molecule has 2 atom stereocenters. The first-order valence-corrected chi connectivity index (χ1v) is 4.00. The maximum Gasteiger partial charge on any atom is 0.221 e. The lowest BCUT2D eigenvalue weighted by Gasteiger charge is -2.31. The summed E-state index contributed by atoms with van der Waals surface area (Å²) in [5, 5.41) is 0. The minimum absolute atomic E-state index is 0.00347. The Kier molecular flexibility index (Phi) is 2.49. The highest BCUT2D eigenvalue weighted by Crippen LogP contribution is 2.25. The highest BCUT2D eigenvalue weighted by atomic mass is 16.5. The molecule has 1 heterocycles. The molecule has 3 heteroatoms. The van der Waals surface area contributed by atoms with Crippen LogP contribution in [0.4, 0.5) is 0 Å². The van der Waals surface area contributed by atoms with E-state index in [-0.39, 0.29) is 23.7 Å². The van der Waals surface area contributed by atoms with Gasteiger partial charge in [-0.3, -0.25) is 4.79 Å². The molecule has 1 fully saturated rings. The van der Waals surface area contributed by atoms with E-state index < -0.39 is 0 Å². The van der Waals surface area contributed by atoms with Crippen molar-refractivity contribution in [1.82, 2.24) is 0 Å². The van der Waals surface area contributed by atoms with E-state index in [1.54, 1.807) is 0 Å². The molecule has 1 aliphatic heterocycles. The second-order valence-electron chi connectivity index (χ2n) is 3.42. The van der Waals surface area contributed by atoms with Crippen molar-refractivity contribution in [1.29, 1.82) is 0 Å². The Morgan fingerprint density at radius 1 is 1.36 bits per heavy atom. The Bertz CT molecular complexity index is 148. The summed E-state index contributed by atoms with van der Waals surface area (Å²) in [6.45, 7) is 5.34. The molecular weight excluding hydrogens is 142 g/mol. The lowest BCUT2D eigenvalue weighted by molar-refractivity contribution is -0.131. The van der Waals surface area contributed by atoms with Gasteiger partial charge >= 0.3 is 0 Å². The van der Waals surface area contributed by atoms with Gasteiger partial charge in [0.1, 0.15) is 0 Å². The second-order valence-corrected chi connectivity index (χ2v) is 3.42. The number of amides is 1. The van der Waals surface area contributed by atoms with E-state index in [0.717, 1.165) is 0 Å². The zero-order chi connectivity index (χ0) is 8.43. The molecule has 1 amide bonds. The highest BCUT2D eigenvalue weighted by molar-refractivity contribution is 5.77. The third-order valence-electron chi connectivity index (χ3n) is 2.32. The van der Waals surface area contributed by atoms with Crippen LogP contribution < -0.4 is 5.73 Å². The fourth-order valence-electron chi connectivity index (χ4n) is 1.77. The van der Waals surface area contributed by atoms with Gasteiger partial charge in [-0.25, -0.2) is 0 Å². The Morgan fingerprint density at radius 3 is 2.09 bits per heavy atom. The number of rotatable bonds is 1. The summed E-state index contributed by atoms with van der Waals surface area (Å²) in [6.07, 6.45) is 0. The monoisotopic (exact) mass is 157 g/mol. The Labute approximate surface area is 66.9 Å². The minimum Gasteiger partial charge on any atom is -0.381 e. The van der Waals surface area contributed by atoms with E-state index in [4.69, 9.17) is 10.5 Å². The molecular formula is C8H15NO2. The summed E-state index contributed by atoms with van der Waals surface area (Å²) in [6, 6.07) is 0. The van der Waals surface area contributed by atoms with Gasteiger partial charge in [-0.15, -0.1) is 0 Å². The van der Waals surface area contributed by atoms with E-state index >= 15 is 0 Å². The third kappa shape index (κ3) is 1.71. The van der Waals surface area contributed by atoms with Crippen LogP contribution in [0.5, 0.6) is 0 Å². The molecule has 2 unspecified atom stereocenters. The van der Waals surface area contributed by atoms with Crippen molar-refractivity contribution in [3.63, 3.8) is 0 Å². The molecule has 2 N–H and O–H groups in total. The van der Waals surface area contributed by atoms with E-state index in [1.165, 1.54) is 0 Å². The van der Waals surface area contributed by atoms with Gasteiger partial charge < -0.3 is 10.5 Å². The summed E-state index contributed by atoms with van der Waals surface area (Å²) in [5.41, 5.74) is 5.25. The zero-order valence-electron chi connectivity index (χ0n) is 7.04. The highest BCUT2D eigenvalue weighted by Gasteiger charge is 2.32. The SMILES string of the molecule is CC1COCC(C)C1C(N)=O. The molecule has 0 aliphatic carbocycles. The molecule has 1 saturated heterocycles. The first kappa shape index (κ1) is 8.53. The molecule has 0 aromatic rings. The van der Waals surface area contributed by atoms with Crippen LogP contribution in [0.2, 0.25) is 0 Å². The zero-order valence-corrected chi connectivity index (χ0v) is 7.04. The van der Waals surface area contributed by atoms with Crippen LogP contribution in [-0.2, 0) is 9.53 Å². The van der Waals surface area contributed by atoms with Crippen molar-refractivity contribution in [2.75, 3.05) is 13.2 Å². The van der Waals surface area contributed by atoms with Crippen molar-refractivity contribution >= 4 is 5.91 Å². The van der Waals surface area contributed by atoms with Crippen molar-refractivity contribution in [3.05, 3.63) is 0 Å². The Hall–Kier alpha value is -0.570. The number of hydrogen-bond donors (Lipinski definition) is 1. The fourth-order valence-corrected chi connectivity index (χ4v) is 1.77. The third-order valence-corrected chi connectivity index (χ3v) is 2.32. The lowest BCUT2D eigenvalue weighted by Crippen LogP contribution is -2.41. The smallest absolute Gasteiger partial charge is 0.221 e. The van der Waals surface area contributed by atoms with E-state index in [1.807, 2.05) is 13.8 Å². The quantitative estimate of drug-likeness (QED) is 0.598. The number of hydrogen-bond acceptors (Lipinski definition) is 2. The summed E-state index contributed by atoms with van der Waals surface area (Å²) >= 11 is 0. The van der Waals surface area contributed by atoms with E-state index in [2.05, 4.69) is 0 Å². The van der Waals surface area contributed by atoms with Crippen LogP contribution in [0.1, 0.15) is 13.8 Å². The topological polar surface area (TPSA) is 52.3 Å². The molecule has 0 spiro atoms. The Balaban J connectivity index is 2.62. The van der Waals surface area contributed by atoms with E-state index in [0.29, 0.717) is 13.2 Å². The van der Waals surface area contributed by atoms with Gasteiger partial charge in [-0.2, -0.15) is 0 Å². The van der Waals surface area contributed by atoms with Crippen LogP contribution in [0, 0.1) is 17.8 Å². The van der Waals surface area contributed by atoms with Crippen LogP contribution in [0.25, 0.3) is 0 Å². The molecule has 11 heavy (non-hydrogen) atoms. The van der Waals surface area contributed by atoms with Gasteiger partial charge in [0.2, 0.25) is 5.91 Å². The largest absolute Gasteiger partial charge is 0.381 e. The normalized spacial score (nSPS) is 38.5. The number of carbonyl (C=O) groups is 1. The summed E-state index contributed by atoms with van der Waals surface area (Å²) in [7, 11) is 0. The second kappa shape index (κ2) is 3.22. The van der Waals surface area contributed by atoms with Crippen LogP contribution in [0.15, 0.2) is 0 Å². The van der Waals surface area contributed by atoms with Crippen LogP contribution in [-0.4, -0.2) is 19.1 Å². The van der Waals surface area contributed by atoms with Gasteiger partial charge in [0.15, 0.2) is 0 Å². The van der Waals surface area contributed by atoms with Gasteiger partial charge in [-0.1, -0.05) is 13.8 Å². The first-order valence-electron chi connectivity index (χ1n) is 4.00. The van der Waals surface area contributed by atoms with Gasteiger partial charge in [0.05, 0.1) is 0 Å². The molecule has 1 aliphatic rings. The number of ether oxygens (including phenoxy) is 1. The standard InChI is InChI=1S/C8H15NO2/c1-5-3-11-4-6(2)7(5)8(9)10/h5-7H,3-4H2,1-2H3,(H2,9,10). The van der Waals surface area contributed by atoms with Gasteiger partial charge in [-0.05, 0) is 11.8 Å². The van der Waals surface area contributed by atoms with Crippen molar-refractivity contribution in [3.8, 4) is 0 Å².